The zero-order chi connectivity index (χ0) is 16.4. The second kappa shape index (κ2) is 10.4. The van der Waals surface area contributed by atoms with Crippen LogP contribution in [0.5, 0.6) is 0 Å². The van der Waals surface area contributed by atoms with E-state index in [0.29, 0.717) is 26.4 Å². The van der Waals surface area contributed by atoms with Crippen molar-refractivity contribution in [3.63, 3.8) is 0 Å². The fourth-order valence-electron chi connectivity index (χ4n) is 1.55. The number of ether oxygens (including phenoxy) is 3. The Balaban J connectivity index is 1.89. The normalized spacial score (nSPS) is 14.6. The van der Waals surface area contributed by atoms with Gasteiger partial charge in [0, 0.05) is 6.08 Å². The molecule has 0 saturated carbocycles. The van der Waals surface area contributed by atoms with Gasteiger partial charge in [0.15, 0.2) is 0 Å². The molecule has 0 fully saturated rings. The summed E-state index contributed by atoms with van der Waals surface area (Å²) in [6.45, 7) is 1.96. The van der Waals surface area contributed by atoms with E-state index in [1.165, 1.54) is 6.08 Å². The van der Waals surface area contributed by atoms with E-state index in [-0.39, 0.29) is 42.5 Å². The topological polar surface area (TPSA) is 102 Å². The van der Waals surface area contributed by atoms with Crippen molar-refractivity contribution in [2.45, 2.75) is 6.42 Å². The lowest BCUT2D eigenvalue weighted by Gasteiger charge is -2.14. The number of carbonyl (C=O) groups excluding carboxylic acids is 2. The Hall–Kier alpha value is -1.29. The molecule has 0 unspecified atom stereocenters. The van der Waals surface area contributed by atoms with Gasteiger partial charge in [0.2, 0.25) is 0 Å². The average molecular weight is 380 g/mol. The number of halogens is 1. The number of hydrogen-bond donors (Lipinski definition) is 1. The van der Waals surface area contributed by atoms with Crippen LogP contribution in [0, 0.1) is 0 Å². The van der Waals surface area contributed by atoms with Crippen LogP contribution in [0.4, 0.5) is 0 Å². The second-order valence-electron chi connectivity index (χ2n) is 4.27. The molecule has 1 rings (SSSR count). The van der Waals surface area contributed by atoms with Crippen molar-refractivity contribution < 1.29 is 33.7 Å². The van der Waals surface area contributed by atoms with Crippen molar-refractivity contribution in [3.05, 3.63) is 10.6 Å². The van der Waals surface area contributed by atoms with Crippen LogP contribution in [0.3, 0.4) is 0 Å². The number of amides is 2. The highest BCUT2D eigenvalue weighted by molar-refractivity contribution is 9.12. The number of rotatable bonds is 12. The van der Waals surface area contributed by atoms with E-state index in [2.05, 4.69) is 15.9 Å². The number of aliphatic carboxylic acids is 1. The summed E-state index contributed by atoms with van der Waals surface area (Å²) in [5.74, 6) is -1.61. The average Bonchev–Trinajstić information content (AvgIpc) is 2.70. The number of nitrogens with zero attached hydrogens (tertiary/aromatic N) is 1. The highest BCUT2D eigenvalue weighted by atomic mass is 79.9. The minimum absolute atomic E-state index is 0.0258. The van der Waals surface area contributed by atoms with E-state index in [1.807, 2.05) is 0 Å². The maximum absolute atomic E-state index is 11.5. The number of hydrogen-bond acceptors (Lipinski definition) is 6. The fraction of sp³-hybridized carbons (Fsp3) is 0.615. The summed E-state index contributed by atoms with van der Waals surface area (Å²) in [7, 11) is 0. The molecule has 8 nitrogen and oxygen atoms in total. The van der Waals surface area contributed by atoms with Gasteiger partial charge in [-0.05, 0) is 15.9 Å². The summed E-state index contributed by atoms with van der Waals surface area (Å²) in [5.41, 5.74) is 0. The third-order valence-corrected chi connectivity index (χ3v) is 3.20. The van der Waals surface area contributed by atoms with Gasteiger partial charge in [0.1, 0.15) is 0 Å². The Labute approximate surface area is 136 Å². The van der Waals surface area contributed by atoms with E-state index < -0.39 is 5.97 Å². The Morgan fingerprint density at radius 2 is 1.59 bits per heavy atom. The first-order valence-corrected chi connectivity index (χ1v) is 7.49. The SMILES string of the molecule is O=C(O)CCOCCOCCOCCN1C(=O)C=C(Br)C1=O. The van der Waals surface area contributed by atoms with Crippen molar-refractivity contribution in [3.8, 4) is 0 Å². The van der Waals surface area contributed by atoms with Crippen LogP contribution in [-0.4, -0.2) is 74.0 Å². The predicted molar refractivity (Wildman–Crippen MR) is 78.4 cm³/mol. The van der Waals surface area contributed by atoms with Gasteiger partial charge in [0.25, 0.3) is 11.8 Å². The maximum Gasteiger partial charge on any atom is 0.305 e. The van der Waals surface area contributed by atoms with Crippen LogP contribution in [0.15, 0.2) is 10.6 Å². The number of carbonyl (C=O) groups is 3. The monoisotopic (exact) mass is 379 g/mol. The van der Waals surface area contributed by atoms with Gasteiger partial charge in [-0.2, -0.15) is 0 Å². The Bertz CT molecular complexity index is 438. The molecule has 0 bridgehead atoms. The molecule has 2 amide bonds. The molecule has 0 aromatic carbocycles. The van der Waals surface area contributed by atoms with Gasteiger partial charge >= 0.3 is 5.97 Å². The van der Waals surface area contributed by atoms with E-state index in [0.717, 1.165) is 4.90 Å². The van der Waals surface area contributed by atoms with Crippen molar-refractivity contribution in [1.82, 2.24) is 4.90 Å². The molecule has 0 radical (unpaired) electrons. The fourth-order valence-corrected chi connectivity index (χ4v) is 1.96. The van der Waals surface area contributed by atoms with Crippen molar-refractivity contribution in [2.75, 3.05) is 46.2 Å². The zero-order valence-corrected chi connectivity index (χ0v) is 13.5. The Kier molecular flexibility index (Phi) is 8.90. The first-order chi connectivity index (χ1) is 10.5. The molecular weight excluding hydrogens is 362 g/mol. The van der Waals surface area contributed by atoms with E-state index in [9.17, 15) is 14.4 Å². The lowest BCUT2D eigenvalue weighted by Crippen LogP contribution is -2.33. The van der Waals surface area contributed by atoms with Crippen LogP contribution in [0.1, 0.15) is 6.42 Å². The first-order valence-electron chi connectivity index (χ1n) is 6.70. The molecule has 1 aliphatic heterocycles. The number of imide groups is 1. The molecule has 0 atom stereocenters. The van der Waals surface area contributed by atoms with Gasteiger partial charge in [0.05, 0.1) is 57.1 Å². The molecule has 1 heterocycles. The molecule has 9 heteroatoms. The number of carboxylic acids is 1. The molecule has 124 valence electrons. The van der Waals surface area contributed by atoms with Crippen LogP contribution in [0.2, 0.25) is 0 Å². The smallest absolute Gasteiger partial charge is 0.305 e. The maximum atomic E-state index is 11.5. The summed E-state index contributed by atoms with van der Waals surface area (Å²) in [6.07, 6.45) is 1.21. The Morgan fingerprint density at radius 1 is 1.05 bits per heavy atom. The predicted octanol–water partition coefficient (Wildman–Crippen LogP) is 0.159. The number of carboxylic acid groups (broad SMARTS) is 1. The summed E-state index contributed by atoms with van der Waals surface area (Å²) >= 11 is 3.01. The lowest BCUT2D eigenvalue weighted by atomic mass is 10.5. The van der Waals surface area contributed by atoms with Gasteiger partial charge in [-0.3, -0.25) is 19.3 Å². The molecule has 0 aromatic heterocycles. The summed E-state index contributed by atoms with van der Waals surface area (Å²) in [5, 5.41) is 8.38. The first kappa shape index (κ1) is 18.8. The molecule has 0 aliphatic carbocycles. The van der Waals surface area contributed by atoms with Gasteiger partial charge in [-0.15, -0.1) is 0 Å². The standard InChI is InChI=1S/C13H18BrNO7/c14-10-9-11(16)15(13(10)19)2-4-21-6-8-22-7-5-20-3-1-12(17)18/h9H,1-8H2,(H,17,18). The molecule has 0 aromatic rings. The van der Waals surface area contributed by atoms with Crippen LogP contribution in [-0.2, 0) is 28.6 Å². The second-order valence-corrected chi connectivity index (χ2v) is 5.12. The van der Waals surface area contributed by atoms with E-state index in [4.69, 9.17) is 19.3 Å². The molecular formula is C13H18BrNO7. The van der Waals surface area contributed by atoms with Crippen molar-refractivity contribution in [1.29, 1.82) is 0 Å². The molecule has 0 saturated heterocycles. The van der Waals surface area contributed by atoms with Crippen LogP contribution >= 0.6 is 15.9 Å². The summed E-state index contributed by atoms with van der Waals surface area (Å²) < 4.78 is 15.8. The highest BCUT2D eigenvalue weighted by Crippen LogP contribution is 2.17. The summed E-state index contributed by atoms with van der Waals surface area (Å²) in [4.78, 5) is 34.2. The quantitative estimate of drug-likeness (QED) is 0.380. The van der Waals surface area contributed by atoms with Gasteiger partial charge in [-0.25, -0.2) is 0 Å². The van der Waals surface area contributed by atoms with Crippen molar-refractivity contribution >= 4 is 33.7 Å². The molecule has 22 heavy (non-hydrogen) atoms. The largest absolute Gasteiger partial charge is 0.481 e. The highest BCUT2D eigenvalue weighted by Gasteiger charge is 2.28. The van der Waals surface area contributed by atoms with E-state index in [1.54, 1.807) is 0 Å². The lowest BCUT2D eigenvalue weighted by molar-refractivity contribution is -0.139. The van der Waals surface area contributed by atoms with Crippen LogP contribution in [0.25, 0.3) is 0 Å². The zero-order valence-electron chi connectivity index (χ0n) is 12.0. The minimum atomic E-state index is -0.897. The molecule has 1 aliphatic rings. The van der Waals surface area contributed by atoms with Gasteiger partial charge < -0.3 is 19.3 Å². The Morgan fingerprint density at radius 3 is 2.09 bits per heavy atom. The van der Waals surface area contributed by atoms with Crippen LogP contribution < -0.4 is 0 Å². The van der Waals surface area contributed by atoms with E-state index >= 15 is 0 Å². The third-order valence-electron chi connectivity index (χ3n) is 2.63. The van der Waals surface area contributed by atoms with Crippen molar-refractivity contribution in [2.24, 2.45) is 0 Å². The minimum Gasteiger partial charge on any atom is -0.481 e. The summed E-state index contributed by atoms with van der Waals surface area (Å²) in [6, 6.07) is 0. The molecule has 0 spiro atoms. The molecule has 1 N–H and O–H groups in total. The van der Waals surface area contributed by atoms with Gasteiger partial charge in [-0.1, -0.05) is 0 Å². The third kappa shape index (κ3) is 7.12.